The van der Waals surface area contributed by atoms with Gasteiger partial charge in [-0.05, 0) is 44.9 Å². The van der Waals surface area contributed by atoms with Gasteiger partial charge >= 0.3 is 0 Å². The highest BCUT2D eigenvalue weighted by molar-refractivity contribution is 5.94. The van der Waals surface area contributed by atoms with Gasteiger partial charge < -0.3 is 15.4 Å². The molecule has 0 aliphatic carbocycles. The third kappa shape index (κ3) is 4.21. The average molecular weight is 290 g/mol. The summed E-state index contributed by atoms with van der Waals surface area (Å²) >= 11 is 0. The lowest BCUT2D eigenvalue weighted by Crippen LogP contribution is -2.44. The topological polar surface area (TPSA) is 55.6 Å². The van der Waals surface area contributed by atoms with Crippen molar-refractivity contribution in [2.45, 2.75) is 51.7 Å². The summed E-state index contributed by atoms with van der Waals surface area (Å²) in [5.74, 6) is 0.816. The van der Waals surface area contributed by atoms with Crippen molar-refractivity contribution in [1.29, 1.82) is 0 Å². The zero-order valence-corrected chi connectivity index (χ0v) is 13.0. The molecule has 1 unspecified atom stereocenters. The van der Waals surface area contributed by atoms with E-state index in [1.54, 1.807) is 0 Å². The highest BCUT2D eigenvalue weighted by Crippen LogP contribution is 2.21. The van der Waals surface area contributed by atoms with Gasteiger partial charge in [-0.25, -0.2) is 0 Å². The van der Waals surface area contributed by atoms with Gasteiger partial charge in [0.15, 0.2) is 0 Å². The van der Waals surface area contributed by atoms with Crippen LogP contribution in [-0.4, -0.2) is 36.0 Å². The monoisotopic (exact) mass is 290 g/mol. The van der Waals surface area contributed by atoms with Gasteiger partial charge in [-0.2, -0.15) is 0 Å². The maximum atomic E-state index is 12.8. The number of carbonyl (C=O) groups excluding carboxylic acids is 1. The molecule has 21 heavy (non-hydrogen) atoms. The van der Waals surface area contributed by atoms with E-state index in [0.29, 0.717) is 12.1 Å². The smallest absolute Gasteiger partial charge is 0.254 e. The Balaban J connectivity index is 2.17. The van der Waals surface area contributed by atoms with Gasteiger partial charge in [0.05, 0.1) is 6.10 Å². The standard InChI is InChI=1S/C17H26N2O2/c1-13(2)21-16-9-6-7-14(11-16)17(20)19-10-5-3-4-8-15(19)12-18/h6-7,9,11,13,15H,3-5,8,10,12,18H2,1-2H3. The molecule has 116 valence electrons. The van der Waals surface area contributed by atoms with Crippen LogP contribution in [0.4, 0.5) is 0 Å². The molecule has 0 spiro atoms. The Morgan fingerprint density at radius 1 is 1.38 bits per heavy atom. The summed E-state index contributed by atoms with van der Waals surface area (Å²) < 4.78 is 5.67. The van der Waals surface area contributed by atoms with E-state index >= 15 is 0 Å². The third-order valence-corrected chi connectivity index (χ3v) is 3.86. The fourth-order valence-corrected chi connectivity index (χ4v) is 2.83. The first-order valence-corrected chi connectivity index (χ1v) is 7.89. The quantitative estimate of drug-likeness (QED) is 0.927. The summed E-state index contributed by atoms with van der Waals surface area (Å²) in [6, 6.07) is 7.61. The minimum absolute atomic E-state index is 0.0709. The Morgan fingerprint density at radius 3 is 2.90 bits per heavy atom. The van der Waals surface area contributed by atoms with Crippen molar-refractivity contribution in [2.24, 2.45) is 5.73 Å². The van der Waals surface area contributed by atoms with Gasteiger partial charge in [-0.15, -0.1) is 0 Å². The van der Waals surface area contributed by atoms with Crippen LogP contribution in [-0.2, 0) is 0 Å². The van der Waals surface area contributed by atoms with Crippen molar-refractivity contribution >= 4 is 5.91 Å². The molecule has 1 aromatic carbocycles. The third-order valence-electron chi connectivity index (χ3n) is 3.86. The molecule has 0 bridgehead atoms. The molecule has 1 amide bonds. The normalized spacial score (nSPS) is 19.4. The Bertz CT molecular complexity index is 474. The Labute approximate surface area is 127 Å². The summed E-state index contributed by atoms with van der Waals surface area (Å²) in [6.45, 7) is 5.30. The highest BCUT2D eigenvalue weighted by Gasteiger charge is 2.25. The molecule has 0 radical (unpaired) electrons. The number of likely N-dealkylation sites (tertiary alicyclic amines) is 1. The summed E-state index contributed by atoms with van der Waals surface area (Å²) in [5, 5.41) is 0. The van der Waals surface area contributed by atoms with Gasteiger partial charge in [0.1, 0.15) is 5.75 Å². The molecule has 2 N–H and O–H groups in total. The van der Waals surface area contributed by atoms with Crippen LogP contribution >= 0.6 is 0 Å². The van der Waals surface area contributed by atoms with Gasteiger partial charge in [0, 0.05) is 24.7 Å². The molecule has 0 saturated carbocycles. The Kier molecular flexibility index (Phi) is 5.62. The molecule has 1 aromatic rings. The van der Waals surface area contributed by atoms with E-state index in [2.05, 4.69) is 0 Å². The van der Waals surface area contributed by atoms with Gasteiger partial charge in [0.2, 0.25) is 0 Å². The number of amides is 1. The van der Waals surface area contributed by atoms with Crippen molar-refractivity contribution in [3.05, 3.63) is 29.8 Å². The maximum Gasteiger partial charge on any atom is 0.254 e. The zero-order valence-electron chi connectivity index (χ0n) is 13.0. The molecule has 0 aromatic heterocycles. The first-order chi connectivity index (χ1) is 10.1. The number of hydrogen-bond donors (Lipinski definition) is 1. The first-order valence-electron chi connectivity index (χ1n) is 7.89. The van der Waals surface area contributed by atoms with E-state index in [0.717, 1.165) is 31.6 Å². The molecule has 4 heteroatoms. The second-order valence-electron chi connectivity index (χ2n) is 5.93. The van der Waals surface area contributed by atoms with Crippen LogP contribution in [0.5, 0.6) is 5.75 Å². The van der Waals surface area contributed by atoms with Crippen molar-refractivity contribution in [2.75, 3.05) is 13.1 Å². The van der Waals surface area contributed by atoms with E-state index in [1.165, 1.54) is 6.42 Å². The van der Waals surface area contributed by atoms with Crippen molar-refractivity contribution in [3.63, 3.8) is 0 Å². The predicted octanol–water partition coefficient (Wildman–Crippen LogP) is 2.82. The number of hydrogen-bond acceptors (Lipinski definition) is 3. The lowest BCUT2D eigenvalue weighted by molar-refractivity contribution is 0.0688. The molecule has 4 nitrogen and oxygen atoms in total. The van der Waals surface area contributed by atoms with Gasteiger partial charge in [-0.3, -0.25) is 4.79 Å². The molecular formula is C17H26N2O2. The molecule has 1 heterocycles. The summed E-state index contributed by atoms with van der Waals surface area (Å²) in [5.41, 5.74) is 6.54. The van der Waals surface area contributed by atoms with Crippen LogP contribution < -0.4 is 10.5 Å². The largest absolute Gasteiger partial charge is 0.491 e. The van der Waals surface area contributed by atoms with Crippen LogP contribution in [0.15, 0.2) is 24.3 Å². The molecule has 1 atom stereocenters. The molecule has 1 aliphatic rings. The first kappa shape index (κ1) is 15.8. The molecular weight excluding hydrogens is 264 g/mol. The SMILES string of the molecule is CC(C)Oc1cccc(C(=O)N2CCCCCC2CN)c1. The number of ether oxygens (including phenoxy) is 1. The van der Waals surface area contributed by atoms with Crippen LogP contribution in [0.1, 0.15) is 49.9 Å². The lowest BCUT2D eigenvalue weighted by Gasteiger charge is -2.29. The van der Waals surface area contributed by atoms with Crippen LogP contribution in [0.2, 0.25) is 0 Å². The van der Waals surface area contributed by atoms with E-state index in [9.17, 15) is 4.79 Å². The number of benzene rings is 1. The molecule has 1 aliphatic heterocycles. The lowest BCUT2D eigenvalue weighted by atomic mass is 10.1. The summed E-state index contributed by atoms with van der Waals surface area (Å²) in [4.78, 5) is 14.7. The fourth-order valence-electron chi connectivity index (χ4n) is 2.83. The van der Waals surface area contributed by atoms with Crippen LogP contribution in [0.25, 0.3) is 0 Å². The fraction of sp³-hybridized carbons (Fsp3) is 0.588. The predicted molar refractivity (Wildman–Crippen MR) is 84.6 cm³/mol. The summed E-state index contributed by atoms with van der Waals surface area (Å²) in [6.07, 6.45) is 4.50. The number of rotatable bonds is 4. The Morgan fingerprint density at radius 2 is 2.19 bits per heavy atom. The van der Waals surface area contributed by atoms with E-state index < -0.39 is 0 Å². The van der Waals surface area contributed by atoms with Gasteiger partial charge in [0.25, 0.3) is 5.91 Å². The van der Waals surface area contributed by atoms with Gasteiger partial charge in [-0.1, -0.05) is 18.9 Å². The highest BCUT2D eigenvalue weighted by atomic mass is 16.5. The van der Waals surface area contributed by atoms with E-state index in [-0.39, 0.29) is 18.1 Å². The minimum Gasteiger partial charge on any atom is -0.491 e. The number of nitrogens with zero attached hydrogens (tertiary/aromatic N) is 1. The minimum atomic E-state index is 0.0709. The molecule has 1 fully saturated rings. The van der Waals surface area contributed by atoms with Crippen molar-refractivity contribution in [3.8, 4) is 5.75 Å². The van der Waals surface area contributed by atoms with Crippen LogP contribution in [0, 0.1) is 0 Å². The van der Waals surface area contributed by atoms with Crippen molar-refractivity contribution in [1.82, 2.24) is 4.90 Å². The number of nitrogens with two attached hydrogens (primary N) is 1. The van der Waals surface area contributed by atoms with Crippen LogP contribution in [0.3, 0.4) is 0 Å². The Hall–Kier alpha value is -1.55. The molecule has 1 saturated heterocycles. The van der Waals surface area contributed by atoms with Crippen molar-refractivity contribution < 1.29 is 9.53 Å². The number of carbonyl (C=O) groups is 1. The average Bonchev–Trinajstić information content (AvgIpc) is 2.71. The molecule has 2 rings (SSSR count). The second kappa shape index (κ2) is 7.46. The second-order valence-corrected chi connectivity index (χ2v) is 5.93. The summed E-state index contributed by atoms with van der Waals surface area (Å²) in [7, 11) is 0. The van der Waals surface area contributed by atoms with E-state index in [1.807, 2.05) is 43.0 Å². The van der Waals surface area contributed by atoms with E-state index in [4.69, 9.17) is 10.5 Å². The maximum absolute atomic E-state index is 12.8. The zero-order chi connectivity index (χ0) is 15.2.